The maximum absolute atomic E-state index is 14.3. The average Bonchev–Trinajstić information content (AvgIpc) is 3.30. The van der Waals surface area contributed by atoms with Crippen molar-refractivity contribution in [2.24, 2.45) is 0 Å². The predicted octanol–water partition coefficient (Wildman–Crippen LogP) is 6.08. The smallest absolute Gasteiger partial charge is 0.125 e. The molecule has 0 aliphatic heterocycles. The van der Waals surface area contributed by atoms with Crippen molar-refractivity contribution in [2.75, 3.05) is 11.5 Å². The second kappa shape index (κ2) is 7.45. The van der Waals surface area contributed by atoms with E-state index in [0.717, 1.165) is 10.9 Å². The van der Waals surface area contributed by atoms with Gasteiger partial charge in [0.25, 0.3) is 0 Å². The van der Waals surface area contributed by atoms with Gasteiger partial charge < -0.3 is 20.6 Å². The summed E-state index contributed by atoms with van der Waals surface area (Å²) in [4.78, 5) is 4.49. The Morgan fingerprint density at radius 1 is 0.618 bits per heavy atom. The van der Waals surface area contributed by atoms with Gasteiger partial charge in [-0.25, -0.2) is 8.78 Å². The maximum atomic E-state index is 14.3. The van der Waals surface area contributed by atoms with Crippen LogP contribution in [0, 0.1) is 11.6 Å². The number of pyridine rings is 1. The van der Waals surface area contributed by atoms with E-state index in [4.69, 9.17) is 11.5 Å². The van der Waals surface area contributed by atoms with Gasteiger partial charge in [-0.15, -0.1) is 0 Å². The number of nitrogens with zero attached hydrogens (tertiary/aromatic N) is 3. The molecule has 0 saturated heterocycles. The van der Waals surface area contributed by atoms with Crippen LogP contribution in [-0.4, -0.2) is 14.1 Å². The Morgan fingerprint density at radius 3 is 1.88 bits per heavy atom. The summed E-state index contributed by atoms with van der Waals surface area (Å²) in [6.45, 7) is 0. The molecule has 166 valence electrons. The Balaban J connectivity index is 1.82. The molecule has 4 N–H and O–H groups in total. The number of anilines is 2. The van der Waals surface area contributed by atoms with Gasteiger partial charge in [-0.2, -0.15) is 0 Å². The van der Waals surface area contributed by atoms with Gasteiger partial charge in [-0.3, -0.25) is 4.98 Å². The van der Waals surface area contributed by atoms with E-state index in [-0.39, 0.29) is 11.6 Å². The number of aromatic nitrogens is 3. The monoisotopic (exact) mass is 451 g/mol. The minimum absolute atomic E-state index is 0.375. The normalized spacial score (nSPS) is 11.5. The van der Waals surface area contributed by atoms with E-state index >= 15 is 0 Å². The third-order valence-corrected chi connectivity index (χ3v) is 6.03. The zero-order valence-corrected chi connectivity index (χ0v) is 17.9. The predicted molar refractivity (Wildman–Crippen MR) is 132 cm³/mol. The van der Waals surface area contributed by atoms with E-state index in [1.165, 1.54) is 24.3 Å². The molecule has 0 bridgehead atoms. The first-order valence-electron chi connectivity index (χ1n) is 10.7. The van der Waals surface area contributed by atoms with E-state index < -0.39 is 0 Å². The Bertz CT molecular complexity index is 1590. The number of hydrogen-bond acceptors (Lipinski definition) is 3. The molecule has 0 fully saturated rings. The first-order chi connectivity index (χ1) is 16.5. The number of nitrogen functional groups attached to an aromatic ring is 2. The van der Waals surface area contributed by atoms with Crippen LogP contribution in [0.3, 0.4) is 0 Å². The fourth-order valence-electron chi connectivity index (χ4n) is 4.64. The molecule has 0 aliphatic rings. The SMILES string of the molecule is Nc1c(-c2c(N)c3ncccc3n2-c2cccc(F)c2)n(-c2cccc(F)c2)c2ccccc12. The zero-order valence-electron chi connectivity index (χ0n) is 17.9. The van der Waals surface area contributed by atoms with Gasteiger partial charge in [0.05, 0.1) is 33.8 Å². The molecule has 0 spiro atoms. The Hall–Kier alpha value is -4.65. The molecule has 3 aromatic heterocycles. The molecule has 3 aromatic carbocycles. The Morgan fingerprint density at radius 2 is 1.21 bits per heavy atom. The highest BCUT2D eigenvalue weighted by atomic mass is 19.1. The highest BCUT2D eigenvalue weighted by Crippen LogP contribution is 2.45. The van der Waals surface area contributed by atoms with Crippen molar-refractivity contribution in [3.63, 3.8) is 0 Å². The van der Waals surface area contributed by atoms with E-state index in [2.05, 4.69) is 4.98 Å². The van der Waals surface area contributed by atoms with Crippen molar-refractivity contribution >= 4 is 33.3 Å². The van der Waals surface area contributed by atoms with Gasteiger partial charge in [-0.1, -0.05) is 30.3 Å². The molecular weight excluding hydrogens is 432 g/mol. The van der Waals surface area contributed by atoms with Crippen LogP contribution in [0.4, 0.5) is 20.2 Å². The molecule has 6 rings (SSSR count). The molecule has 7 heteroatoms. The molecule has 0 atom stereocenters. The van der Waals surface area contributed by atoms with Gasteiger partial charge in [0, 0.05) is 23.0 Å². The summed E-state index contributed by atoms with van der Waals surface area (Å²) in [6.07, 6.45) is 1.66. The number of nitrogens with two attached hydrogens (primary N) is 2. The summed E-state index contributed by atoms with van der Waals surface area (Å²) in [5.41, 5.74) is 18.7. The van der Waals surface area contributed by atoms with Crippen molar-refractivity contribution < 1.29 is 8.78 Å². The van der Waals surface area contributed by atoms with Crippen molar-refractivity contribution in [2.45, 2.75) is 0 Å². The van der Waals surface area contributed by atoms with E-state index in [9.17, 15) is 8.78 Å². The van der Waals surface area contributed by atoms with Gasteiger partial charge in [0.2, 0.25) is 0 Å². The van der Waals surface area contributed by atoms with Crippen LogP contribution in [0.5, 0.6) is 0 Å². The topological polar surface area (TPSA) is 74.8 Å². The Kier molecular flexibility index (Phi) is 4.38. The number of para-hydroxylation sites is 1. The molecule has 5 nitrogen and oxygen atoms in total. The lowest BCUT2D eigenvalue weighted by molar-refractivity contribution is 0.626. The number of benzene rings is 3. The summed E-state index contributed by atoms with van der Waals surface area (Å²) in [5, 5.41) is 0.796. The first-order valence-corrected chi connectivity index (χ1v) is 10.7. The van der Waals surface area contributed by atoms with Gasteiger partial charge in [-0.05, 0) is 54.6 Å². The molecule has 0 radical (unpaired) electrons. The molecule has 0 unspecified atom stereocenters. The minimum Gasteiger partial charge on any atom is -0.396 e. The van der Waals surface area contributed by atoms with Crippen molar-refractivity contribution in [1.29, 1.82) is 0 Å². The molecule has 0 saturated carbocycles. The molecule has 34 heavy (non-hydrogen) atoms. The number of halogens is 2. The quantitative estimate of drug-likeness (QED) is 0.342. The summed E-state index contributed by atoms with van der Waals surface area (Å²) in [7, 11) is 0. The highest BCUT2D eigenvalue weighted by Gasteiger charge is 2.26. The van der Waals surface area contributed by atoms with Crippen LogP contribution in [0.2, 0.25) is 0 Å². The van der Waals surface area contributed by atoms with E-state index in [1.807, 2.05) is 45.5 Å². The van der Waals surface area contributed by atoms with Gasteiger partial charge in [0.15, 0.2) is 0 Å². The van der Waals surface area contributed by atoms with Crippen molar-refractivity contribution in [3.05, 3.63) is 103 Å². The lowest BCUT2D eigenvalue weighted by Crippen LogP contribution is -2.05. The van der Waals surface area contributed by atoms with Crippen molar-refractivity contribution in [3.8, 4) is 22.8 Å². The molecular formula is C27H19F2N5. The standard InChI is InChI=1S/C27H19F2N5/c28-16-6-3-8-18(14-16)33-21-11-2-1-10-20(21)23(30)26(33)27-24(31)25-22(12-5-13-32-25)34(27)19-9-4-7-17(29)15-19/h1-15H,30-31H2. The average molecular weight is 451 g/mol. The number of rotatable bonds is 3. The molecule has 6 aromatic rings. The third-order valence-electron chi connectivity index (χ3n) is 6.03. The van der Waals surface area contributed by atoms with E-state index in [0.29, 0.717) is 45.2 Å². The fraction of sp³-hybridized carbons (Fsp3) is 0. The highest BCUT2D eigenvalue weighted by molar-refractivity contribution is 6.08. The Labute approximate surface area is 193 Å². The fourth-order valence-corrected chi connectivity index (χ4v) is 4.64. The second-order valence-electron chi connectivity index (χ2n) is 8.04. The number of fused-ring (bicyclic) bond motifs is 2. The van der Waals surface area contributed by atoms with Crippen molar-refractivity contribution in [1.82, 2.24) is 14.1 Å². The lowest BCUT2D eigenvalue weighted by Gasteiger charge is -2.16. The molecule has 0 aliphatic carbocycles. The second-order valence-corrected chi connectivity index (χ2v) is 8.04. The van der Waals surface area contributed by atoms with Crippen LogP contribution < -0.4 is 11.5 Å². The van der Waals surface area contributed by atoms with Gasteiger partial charge >= 0.3 is 0 Å². The van der Waals surface area contributed by atoms with Crippen LogP contribution in [-0.2, 0) is 0 Å². The summed E-state index contributed by atoms with van der Waals surface area (Å²) in [5.74, 6) is -0.758. The van der Waals surface area contributed by atoms with Crippen LogP contribution >= 0.6 is 0 Å². The van der Waals surface area contributed by atoms with Crippen LogP contribution in [0.1, 0.15) is 0 Å². The molecule has 0 amide bonds. The lowest BCUT2D eigenvalue weighted by atomic mass is 10.2. The largest absolute Gasteiger partial charge is 0.396 e. The van der Waals surface area contributed by atoms with Crippen LogP contribution in [0.15, 0.2) is 91.1 Å². The minimum atomic E-state index is -0.383. The maximum Gasteiger partial charge on any atom is 0.125 e. The van der Waals surface area contributed by atoms with Crippen LogP contribution in [0.25, 0.3) is 44.7 Å². The first kappa shape index (κ1) is 20.0. The number of hydrogen-bond donors (Lipinski definition) is 2. The van der Waals surface area contributed by atoms with E-state index in [1.54, 1.807) is 30.5 Å². The zero-order chi connectivity index (χ0) is 23.4. The summed E-state index contributed by atoms with van der Waals surface area (Å²) >= 11 is 0. The third kappa shape index (κ3) is 2.87. The van der Waals surface area contributed by atoms with Gasteiger partial charge in [0.1, 0.15) is 17.2 Å². The molecule has 3 heterocycles. The summed E-state index contributed by atoms with van der Waals surface area (Å²) < 4.78 is 32.3. The summed E-state index contributed by atoms with van der Waals surface area (Å²) in [6, 6.07) is 23.8.